The van der Waals surface area contributed by atoms with Crippen LogP contribution in [0.3, 0.4) is 0 Å². The SMILES string of the molecule is N#Cc1sc2c(-c3ccccc3)nc3ccccc3c2c1-c1cccc(-c2cc(-c3ccccc3)nc(-c3ccccc3)n2)c1. The molecule has 0 aliphatic rings. The van der Waals surface area contributed by atoms with Crippen LogP contribution in [0.15, 0.2) is 146 Å². The summed E-state index contributed by atoms with van der Waals surface area (Å²) in [5.41, 5.74) is 9.32. The first-order valence-corrected chi connectivity index (χ1v) is 15.5. The van der Waals surface area contributed by atoms with Crippen LogP contribution < -0.4 is 0 Å². The van der Waals surface area contributed by atoms with E-state index < -0.39 is 0 Å². The summed E-state index contributed by atoms with van der Waals surface area (Å²) in [5, 5.41) is 12.5. The Balaban J connectivity index is 1.36. The van der Waals surface area contributed by atoms with E-state index >= 15 is 0 Å². The molecule has 0 spiro atoms. The van der Waals surface area contributed by atoms with Crippen LogP contribution in [-0.4, -0.2) is 15.0 Å². The van der Waals surface area contributed by atoms with Crippen LogP contribution in [0.5, 0.6) is 0 Å². The van der Waals surface area contributed by atoms with Crippen molar-refractivity contribution in [3.63, 3.8) is 0 Å². The van der Waals surface area contributed by atoms with Gasteiger partial charge in [-0.25, -0.2) is 15.0 Å². The second-order valence-electron chi connectivity index (χ2n) is 10.7. The minimum atomic E-state index is 0.662. The lowest BCUT2D eigenvalue weighted by molar-refractivity contribution is 1.18. The van der Waals surface area contributed by atoms with Crippen molar-refractivity contribution in [2.75, 3.05) is 0 Å². The fraction of sp³-hybridized carbons (Fsp3) is 0. The Hall–Kier alpha value is -5.96. The smallest absolute Gasteiger partial charge is 0.160 e. The number of hydrogen-bond donors (Lipinski definition) is 0. The van der Waals surface area contributed by atoms with Gasteiger partial charge in [0, 0.05) is 38.6 Å². The number of nitrogens with zero attached hydrogens (tertiary/aromatic N) is 4. The van der Waals surface area contributed by atoms with E-state index in [0.29, 0.717) is 10.7 Å². The molecular formula is C40H24N4S. The van der Waals surface area contributed by atoms with E-state index in [-0.39, 0.29) is 0 Å². The van der Waals surface area contributed by atoms with Crippen molar-refractivity contribution in [3.05, 3.63) is 150 Å². The molecule has 8 rings (SSSR count). The summed E-state index contributed by atoms with van der Waals surface area (Å²) in [6, 6.07) is 51.6. The van der Waals surface area contributed by atoms with E-state index in [9.17, 15) is 5.26 Å². The first-order chi connectivity index (χ1) is 22.3. The van der Waals surface area contributed by atoms with E-state index in [0.717, 1.165) is 71.5 Å². The van der Waals surface area contributed by atoms with Gasteiger partial charge >= 0.3 is 0 Å². The number of benzene rings is 5. The van der Waals surface area contributed by atoms with Crippen molar-refractivity contribution in [2.45, 2.75) is 0 Å². The molecule has 45 heavy (non-hydrogen) atoms. The number of nitriles is 1. The second kappa shape index (κ2) is 11.3. The quantitative estimate of drug-likeness (QED) is 0.199. The molecule has 8 aromatic rings. The van der Waals surface area contributed by atoms with Crippen molar-refractivity contribution >= 4 is 32.3 Å². The first-order valence-electron chi connectivity index (χ1n) is 14.7. The average Bonchev–Trinajstić information content (AvgIpc) is 3.52. The number of rotatable bonds is 5. The average molecular weight is 593 g/mol. The van der Waals surface area contributed by atoms with Crippen LogP contribution in [0, 0.1) is 11.3 Å². The molecule has 4 nitrogen and oxygen atoms in total. The van der Waals surface area contributed by atoms with E-state index in [1.54, 1.807) is 0 Å². The second-order valence-corrected chi connectivity index (χ2v) is 11.8. The molecule has 3 heterocycles. The van der Waals surface area contributed by atoms with E-state index in [4.69, 9.17) is 15.0 Å². The van der Waals surface area contributed by atoms with Crippen LogP contribution in [-0.2, 0) is 0 Å². The number of thiophene rings is 1. The minimum absolute atomic E-state index is 0.662. The van der Waals surface area contributed by atoms with Crippen LogP contribution in [0.4, 0.5) is 0 Å². The van der Waals surface area contributed by atoms with Gasteiger partial charge in [0.25, 0.3) is 0 Å². The Morgan fingerprint density at radius 3 is 1.80 bits per heavy atom. The standard InChI is InChI=1S/C40H24N4S/c41-25-35-36(37-31-21-10-11-22-32(31)42-38(39(37)45-35)27-15-6-2-7-16-27)30-20-12-19-29(23-30)34-24-33(26-13-4-1-5-14-26)43-40(44-34)28-17-8-3-9-18-28/h1-24H. The van der Waals surface area contributed by atoms with Gasteiger partial charge in [-0.1, -0.05) is 127 Å². The fourth-order valence-corrected chi connectivity index (χ4v) is 7.00. The van der Waals surface area contributed by atoms with Gasteiger partial charge in [-0.2, -0.15) is 5.26 Å². The van der Waals surface area contributed by atoms with Crippen LogP contribution >= 0.6 is 11.3 Å². The highest BCUT2D eigenvalue weighted by Crippen LogP contribution is 2.46. The third-order valence-corrected chi connectivity index (χ3v) is 9.05. The molecule has 3 aromatic heterocycles. The molecule has 0 bridgehead atoms. The molecule has 210 valence electrons. The minimum Gasteiger partial charge on any atom is -0.246 e. The summed E-state index contributed by atoms with van der Waals surface area (Å²) in [6.07, 6.45) is 0. The molecule has 0 amide bonds. The Morgan fingerprint density at radius 1 is 0.511 bits per heavy atom. The zero-order valence-electron chi connectivity index (χ0n) is 24.1. The Labute approximate surface area is 264 Å². The van der Waals surface area contributed by atoms with Crippen molar-refractivity contribution in [3.8, 4) is 62.4 Å². The molecule has 0 saturated carbocycles. The molecule has 0 radical (unpaired) electrons. The van der Waals surface area contributed by atoms with Crippen molar-refractivity contribution in [2.24, 2.45) is 0 Å². The highest BCUT2D eigenvalue weighted by Gasteiger charge is 2.22. The maximum absolute atomic E-state index is 10.4. The highest BCUT2D eigenvalue weighted by molar-refractivity contribution is 7.21. The van der Waals surface area contributed by atoms with Gasteiger partial charge in [0.2, 0.25) is 0 Å². The predicted octanol–water partition coefficient (Wildman–Crippen LogP) is 10.4. The summed E-state index contributed by atoms with van der Waals surface area (Å²) in [4.78, 5) is 15.7. The monoisotopic (exact) mass is 592 g/mol. The normalized spacial score (nSPS) is 11.1. The third-order valence-electron chi connectivity index (χ3n) is 7.95. The lowest BCUT2D eigenvalue weighted by Crippen LogP contribution is -1.96. The van der Waals surface area contributed by atoms with Crippen LogP contribution in [0.2, 0.25) is 0 Å². The molecule has 0 aliphatic heterocycles. The van der Waals surface area contributed by atoms with Crippen molar-refractivity contribution in [1.29, 1.82) is 5.26 Å². The molecule has 0 atom stereocenters. The van der Waals surface area contributed by atoms with Gasteiger partial charge in [0.05, 0.1) is 27.3 Å². The summed E-state index contributed by atoms with van der Waals surface area (Å²) in [7, 11) is 0. The molecule has 0 unspecified atom stereocenters. The number of hydrogen-bond acceptors (Lipinski definition) is 5. The van der Waals surface area contributed by atoms with Gasteiger partial charge in [-0.15, -0.1) is 11.3 Å². The number of pyridine rings is 1. The molecule has 0 fully saturated rings. The number of fused-ring (bicyclic) bond motifs is 3. The molecule has 5 heteroatoms. The molecule has 0 N–H and O–H groups in total. The lowest BCUT2D eigenvalue weighted by atomic mass is 9.95. The number of para-hydroxylation sites is 1. The summed E-state index contributed by atoms with van der Waals surface area (Å²) in [6.45, 7) is 0. The molecule has 5 aromatic carbocycles. The van der Waals surface area contributed by atoms with E-state index in [2.05, 4.69) is 54.6 Å². The van der Waals surface area contributed by atoms with E-state index in [1.165, 1.54) is 11.3 Å². The van der Waals surface area contributed by atoms with Gasteiger partial charge in [-0.3, -0.25) is 0 Å². The summed E-state index contributed by atoms with van der Waals surface area (Å²) >= 11 is 1.51. The maximum atomic E-state index is 10.4. The van der Waals surface area contributed by atoms with Crippen LogP contribution in [0.1, 0.15) is 4.88 Å². The zero-order valence-corrected chi connectivity index (χ0v) is 24.9. The topological polar surface area (TPSA) is 62.5 Å². The van der Waals surface area contributed by atoms with Gasteiger partial charge < -0.3 is 0 Å². The predicted molar refractivity (Wildman–Crippen MR) is 185 cm³/mol. The molecule has 0 saturated heterocycles. The molecular weight excluding hydrogens is 569 g/mol. The highest BCUT2D eigenvalue weighted by atomic mass is 32.1. The van der Waals surface area contributed by atoms with Crippen molar-refractivity contribution < 1.29 is 0 Å². The summed E-state index contributed by atoms with van der Waals surface area (Å²) in [5.74, 6) is 0.667. The zero-order chi connectivity index (χ0) is 30.2. The van der Waals surface area contributed by atoms with E-state index in [1.807, 2.05) is 97.1 Å². The van der Waals surface area contributed by atoms with Gasteiger partial charge in [0.1, 0.15) is 10.9 Å². The van der Waals surface area contributed by atoms with Gasteiger partial charge in [0.15, 0.2) is 5.82 Å². The van der Waals surface area contributed by atoms with Crippen molar-refractivity contribution in [1.82, 2.24) is 15.0 Å². The Morgan fingerprint density at radius 2 is 1.09 bits per heavy atom. The maximum Gasteiger partial charge on any atom is 0.160 e. The van der Waals surface area contributed by atoms with Crippen LogP contribution in [0.25, 0.3) is 77.3 Å². The first kappa shape index (κ1) is 26.7. The largest absolute Gasteiger partial charge is 0.246 e. The summed E-state index contributed by atoms with van der Waals surface area (Å²) < 4.78 is 1.01. The van der Waals surface area contributed by atoms with Gasteiger partial charge in [-0.05, 0) is 23.8 Å². The lowest BCUT2D eigenvalue weighted by Gasteiger charge is -2.11. The fourth-order valence-electron chi connectivity index (χ4n) is 5.86. The third kappa shape index (κ3) is 4.84. The molecule has 0 aliphatic carbocycles. The number of aromatic nitrogens is 3. The Bertz CT molecular complexity index is 2320. The Kier molecular flexibility index (Phi) is 6.68.